The maximum Gasteiger partial charge on any atom is 0.249 e. The Kier molecular flexibility index (Phi) is 10.7. The van der Waals surface area contributed by atoms with Gasteiger partial charge in [-0.3, -0.25) is 9.69 Å². The van der Waals surface area contributed by atoms with Gasteiger partial charge in [-0.15, -0.1) is 24.8 Å². The molecule has 2 fully saturated rings. The normalized spacial score (nSPS) is 27.5. The third-order valence-corrected chi connectivity index (χ3v) is 5.05. The van der Waals surface area contributed by atoms with Gasteiger partial charge in [-0.2, -0.15) is 0 Å². The van der Waals surface area contributed by atoms with Gasteiger partial charge < -0.3 is 20.5 Å². The summed E-state index contributed by atoms with van der Waals surface area (Å²) in [6.45, 7) is 8.11. The van der Waals surface area contributed by atoms with Crippen molar-refractivity contribution in [3.8, 4) is 0 Å². The monoisotopic (exact) mass is 433 g/mol. The van der Waals surface area contributed by atoms with Crippen molar-refractivity contribution in [1.29, 1.82) is 0 Å². The third kappa shape index (κ3) is 7.17. The highest BCUT2D eigenvalue weighted by Gasteiger charge is 2.29. The van der Waals surface area contributed by atoms with Gasteiger partial charge in [0.1, 0.15) is 6.10 Å². The van der Waals surface area contributed by atoms with Crippen molar-refractivity contribution in [1.82, 2.24) is 10.2 Å². The zero-order valence-electron chi connectivity index (χ0n) is 16.6. The fourth-order valence-electron chi connectivity index (χ4n) is 3.81. The van der Waals surface area contributed by atoms with E-state index in [0.29, 0.717) is 13.1 Å². The van der Waals surface area contributed by atoms with E-state index in [1.54, 1.807) is 0 Å². The fraction of sp³-hybridized carbons (Fsp3) is 0.650. The molecule has 2 aliphatic heterocycles. The van der Waals surface area contributed by atoms with Gasteiger partial charge in [0.2, 0.25) is 5.91 Å². The van der Waals surface area contributed by atoms with Crippen molar-refractivity contribution in [2.45, 2.75) is 64.2 Å². The van der Waals surface area contributed by atoms with Crippen molar-refractivity contribution in [3.63, 3.8) is 0 Å². The highest BCUT2D eigenvalue weighted by molar-refractivity contribution is 5.85. The minimum Gasteiger partial charge on any atom is -0.373 e. The number of amides is 1. The van der Waals surface area contributed by atoms with E-state index in [-0.39, 0.29) is 55.1 Å². The first kappa shape index (κ1) is 25.1. The summed E-state index contributed by atoms with van der Waals surface area (Å²) in [6, 6.07) is 8.45. The van der Waals surface area contributed by atoms with Crippen molar-refractivity contribution < 1.29 is 14.3 Å². The van der Waals surface area contributed by atoms with Crippen LogP contribution in [0, 0.1) is 0 Å². The van der Waals surface area contributed by atoms with Crippen LogP contribution in [0.5, 0.6) is 0 Å². The van der Waals surface area contributed by atoms with Gasteiger partial charge in [0.05, 0.1) is 18.3 Å². The molecule has 0 spiro atoms. The molecule has 3 rings (SSSR count). The van der Waals surface area contributed by atoms with Crippen LogP contribution in [0.15, 0.2) is 24.3 Å². The summed E-state index contributed by atoms with van der Waals surface area (Å²) in [7, 11) is 0. The van der Waals surface area contributed by atoms with Crippen molar-refractivity contribution in [2.24, 2.45) is 5.73 Å². The number of hydrogen-bond donors (Lipinski definition) is 2. The average molecular weight is 434 g/mol. The Labute approximate surface area is 180 Å². The van der Waals surface area contributed by atoms with E-state index in [2.05, 4.69) is 48.3 Å². The molecule has 3 N–H and O–H groups in total. The van der Waals surface area contributed by atoms with Gasteiger partial charge in [-0.25, -0.2) is 0 Å². The van der Waals surface area contributed by atoms with Crippen LogP contribution in [0.25, 0.3) is 0 Å². The van der Waals surface area contributed by atoms with E-state index >= 15 is 0 Å². The molecule has 0 aliphatic carbocycles. The number of nitrogens with zero attached hydrogens (tertiary/aromatic N) is 1. The van der Waals surface area contributed by atoms with E-state index in [1.807, 2.05) is 0 Å². The topological polar surface area (TPSA) is 76.8 Å². The van der Waals surface area contributed by atoms with Gasteiger partial charge in [-0.1, -0.05) is 24.3 Å². The lowest BCUT2D eigenvalue weighted by Crippen LogP contribution is -2.44. The number of nitrogens with two attached hydrogens (primary N) is 1. The molecule has 2 heterocycles. The number of morpholine rings is 1. The molecule has 1 amide bonds. The number of halogens is 2. The Morgan fingerprint density at radius 3 is 2.25 bits per heavy atom. The van der Waals surface area contributed by atoms with Crippen molar-refractivity contribution >= 4 is 30.7 Å². The zero-order chi connectivity index (χ0) is 18.5. The van der Waals surface area contributed by atoms with Crippen LogP contribution < -0.4 is 11.1 Å². The second-order valence-electron chi connectivity index (χ2n) is 7.55. The Balaban J connectivity index is 0.00000196. The smallest absolute Gasteiger partial charge is 0.249 e. The van der Waals surface area contributed by atoms with Crippen LogP contribution >= 0.6 is 24.8 Å². The van der Waals surface area contributed by atoms with Crippen LogP contribution in [-0.4, -0.2) is 54.9 Å². The molecule has 1 aromatic carbocycles. The van der Waals surface area contributed by atoms with Gasteiger partial charge in [-0.05, 0) is 37.8 Å². The Morgan fingerprint density at radius 2 is 1.68 bits per heavy atom. The summed E-state index contributed by atoms with van der Waals surface area (Å²) in [5.41, 5.74) is 7.97. The summed E-state index contributed by atoms with van der Waals surface area (Å²) in [4.78, 5) is 14.6. The Morgan fingerprint density at radius 1 is 1.07 bits per heavy atom. The van der Waals surface area contributed by atoms with Crippen LogP contribution in [0.1, 0.15) is 37.8 Å². The first-order valence-electron chi connectivity index (χ1n) is 9.62. The molecule has 1 aromatic rings. The van der Waals surface area contributed by atoms with E-state index in [4.69, 9.17) is 15.2 Å². The average Bonchev–Trinajstić information content (AvgIpc) is 3.09. The van der Waals surface area contributed by atoms with Crippen molar-refractivity contribution in [2.75, 3.05) is 19.6 Å². The molecule has 2 saturated heterocycles. The number of hydrogen-bond acceptors (Lipinski definition) is 5. The molecule has 0 aromatic heterocycles. The SMILES string of the molecule is CC1CN(Cc2ccc(CNC(=O)[C@@H]3CC[C@H](CN)O3)cc2)CC(C)O1.Cl.Cl. The van der Waals surface area contributed by atoms with E-state index in [0.717, 1.165) is 38.0 Å². The summed E-state index contributed by atoms with van der Waals surface area (Å²) in [5, 5.41) is 2.97. The lowest BCUT2D eigenvalue weighted by Gasteiger charge is -2.35. The van der Waals surface area contributed by atoms with E-state index in [9.17, 15) is 4.79 Å². The van der Waals surface area contributed by atoms with Crippen LogP contribution in [0.3, 0.4) is 0 Å². The highest BCUT2D eigenvalue weighted by atomic mass is 35.5. The van der Waals surface area contributed by atoms with Crippen molar-refractivity contribution in [3.05, 3.63) is 35.4 Å². The van der Waals surface area contributed by atoms with Crippen LogP contribution in [0.4, 0.5) is 0 Å². The first-order valence-corrected chi connectivity index (χ1v) is 9.62. The first-order chi connectivity index (χ1) is 12.5. The van der Waals surface area contributed by atoms with E-state index < -0.39 is 0 Å². The summed E-state index contributed by atoms with van der Waals surface area (Å²) in [6.07, 6.45) is 1.85. The second-order valence-corrected chi connectivity index (χ2v) is 7.55. The van der Waals surface area contributed by atoms with Gasteiger partial charge >= 0.3 is 0 Å². The van der Waals surface area contributed by atoms with Crippen LogP contribution in [-0.2, 0) is 27.4 Å². The Hall–Kier alpha value is -0.890. The molecule has 0 saturated carbocycles. The molecule has 2 aliphatic rings. The summed E-state index contributed by atoms with van der Waals surface area (Å²) in [5.74, 6) is -0.0404. The maximum absolute atomic E-state index is 12.2. The number of carbonyl (C=O) groups is 1. The highest BCUT2D eigenvalue weighted by Crippen LogP contribution is 2.19. The second kappa shape index (κ2) is 12.0. The molecule has 8 heteroatoms. The Bertz CT molecular complexity index is 593. The molecule has 4 atom stereocenters. The number of ether oxygens (including phenoxy) is 2. The molecule has 160 valence electrons. The largest absolute Gasteiger partial charge is 0.373 e. The molecular formula is C20H33Cl2N3O3. The lowest BCUT2D eigenvalue weighted by atomic mass is 10.1. The zero-order valence-corrected chi connectivity index (χ0v) is 18.3. The number of rotatable bonds is 6. The molecule has 2 unspecified atom stereocenters. The number of benzene rings is 1. The minimum absolute atomic E-state index is 0. The molecule has 0 radical (unpaired) electrons. The quantitative estimate of drug-likeness (QED) is 0.719. The third-order valence-electron chi connectivity index (χ3n) is 5.05. The minimum atomic E-state index is -0.354. The predicted molar refractivity (Wildman–Crippen MR) is 115 cm³/mol. The van der Waals surface area contributed by atoms with Gasteiger partial charge in [0.15, 0.2) is 0 Å². The maximum atomic E-state index is 12.2. The number of carbonyl (C=O) groups excluding carboxylic acids is 1. The predicted octanol–water partition coefficient (Wildman–Crippen LogP) is 2.26. The molecule has 6 nitrogen and oxygen atoms in total. The summed E-state index contributed by atoms with van der Waals surface area (Å²) >= 11 is 0. The van der Waals surface area contributed by atoms with Gasteiger partial charge in [0, 0.05) is 32.7 Å². The number of nitrogens with one attached hydrogen (secondary N) is 1. The lowest BCUT2D eigenvalue weighted by molar-refractivity contribution is -0.132. The molecule has 28 heavy (non-hydrogen) atoms. The van der Waals surface area contributed by atoms with E-state index in [1.165, 1.54) is 5.56 Å². The molecule has 0 bridgehead atoms. The van der Waals surface area contributed by atoms with Gasteiger partial charge in [0.25, 0.3) is 0 Å². The van der Waals surface area contributed by atoms with Crippen LogP contribution in [0.2, 0.25) is 0 Å². The molecular weight excluding hydrogens is 401 g/mol. The standard InChI is InChI=1S/C20H31N3O3.2ClH/c1-14-11-23(12-15(2)25-14)13-17-5-3-16(4-6-17)10-22-20(24)19-8-7-18(9-21)26-19;;/h3-6,14-15,18-19H,7-13,21H2,1-2H3,(H,22,24);2*1H/t14?,15?,18-,19+;;/m1../s1. The fourth-order valence-corrected chi connectivity index (χ4v) is 3.81. The summed E-state index contributed by atoms with van der Waals surface area (Å²) < 4.78 is 11.4.